The highest BCUT2D eigenvalue weighted by Crippen LogP contribution is 2.10. The molecule has 84 valence electrons. The van der Waals surface area contributed by atoms with Gasteiger partial charge in [0.2, 0.25) is 0 Å². The van der Waals surface area contributed by atoms with E-state index in [1.165, 1.54) is 0 Å². The van der Waals surface area contributed by atoms with E-state index < -0.39 is 0 Å². The average molecular weight is 274 g/mol. The van der Waals surface area contributed by atoms with Crippen molar-refractivity contribution in [2.75, 3.05) is 26.1 Å². The zero-order chi connectivity index (χ0) is 11.1. The van der Waals surface area contributed by atoms with Crippen molar-refractivity contribution in [3.05, 3.63) is 28.7 Å². The highest BCUT2D eigenvalue weighted by molar-refractivity contribution is 9.10. The van der Waals surface area contributed by atoms with E-state index in [9.17, 15) is 0 Å². The first-order chi connectivity index (χ1) is 7.22. The molecule has 15 heavy (non-hydrogen) atoms. The van der Waals surface area contributed by atoms with Crippen LogP contribution in [0.15, 0.2) is 28.7 Å². The molecule has 2 rings (SSSR count). The van der Waals surface area contributed by atoms with Crippen molar-refractivity contribution in [3.8, 4) is 0 Å². The molecule has 3 nitrogen and oxygen atoms in total. The van der Waals surface area contributed by atoms with Crippen molar-refractivity contribution >= 4 is 21.6 Å². The molecule has 1 aliphatic heterocycles. The predicted molar refractivity (Wildman–Crippen MR) is 64.8 cm³/mol. The Bertz CT molecular complexity index is 249. The van der Waals surface area contributed by atoms with E-state index in [0.29, 0.717) is 6.10 Å². The standard InChI is InChI=1S/C6H6BrN.C5H10O2/c7-5-1-3-6(8)4-2-5;1-6-5-2-3-7-4-5/h1-4H,8H2;5H,2-4H2,1H3. The van der Waals surface area contributed by atoms with E-state index in [4.69, 9.17) is 15.2 Å². The van der Waals surface area contributed by atoms with Gasteiger partial charge < -0.3 is 15.2 Å². The van der Waals surface area contributed by atoms with Crippen LogP contribution in [0.2, 0.25) is 0 Å². The number of halogens is 1. The van der Waals surface area contributed by atoms with Gasteiger partial charge in [-0.3, -0.25) is 0 Å². The van der Waals surface area contributed by atoms with Crippen LogP contribution in [0.3, 0.4) is 0 Å². The van der Waals surface area contributed by atoms with E-state index in [1.807, 2.05) is 24.3 Å². The first kappa shape index (κ1) is 12.5. The Morgan fingerprint density at radius 1 is 1.40 bits per heavy atom. The summed E-state index contributed by atoms with van der Waals surface area (Å²) in [7, 11) is 1.72. The third-order valence-electron chi connectivity index (χ3n) is 2.09. The van der Waals surface area contributed by atoms with Crippen molar-refractivity contribution in [2.24, 2.45) is 0 Å². The fourth-order valence-electron chi connectivity index (χ4n) is 1.16. The van der Waals surface area contributed by atoms with Crippen molar-refractivity contribution < 1.29 is 9.47 Å². The number of methoxy groups -OCH3 is 1. The van der Waals surface area contributed by atoms with E-state index in [1.54, 1.807) is 7.11 Å². The molecule has 0 radical (unpaired) electrons. The Labute approximate surface area is 98.7 Å². The van der Waals surface area contributed by atoms with Crippen LogP contribution in [0, 0.1) is 0 Å². The zero-order valence-corrected chi connectivity index (χ0v) is 10.4. The fraction of sp³-hybridized carbons (Fsp3) is 0.455. The summed E-state index contributed by atoms with van der Waals surface area (Å²) < 4.78 is 11.1. The predicted octanol–water partition coefficient (Wildman–Crippen LogP) is 2.45. The zero-order valence-electron chi connectivity index (χ0n) is 8.78. The fourth-order valence-corrected chi connectivity index (χ4v) is 1.43. The quantitative estimate of drug-likeness (QED) is 0.800. The Morgan fingerprint density at radius 2 is 2.07 bits per heavy atom. The summed E-state index contributed by atoms with van der Waals surface area (Å²) in [5, 5.41) is 0. The minimum atomic E-state index is 0.375. The van der Waals surface area contributed by atoms with Crippen LogP contribution < -0.4 is 5.73 Å². The van der Waals surface area contributed by atoms with Crippen LogP contribution >= 0.6 is 15.9 Å². The van der Waals surface area contributed by atoms with Crippen molar-refractivity contribution in [1.29, 1.82) is 0 Å². The van der Waals surface area contributed by atoms with Crippen molar-refractivity contribution in [1.82, 2.24) is 0 Å². The lowest BCUT2D eigenvalue weighted by molar-refractivity contribution is 0.0822. The lowest BCUT2D eigenvalue weighted by Crippen LogP contribution is -2.07. The molecule has 1 saturated heterocycles. The number of hydrogen-bond acceptors (Lipinski definition) is 3. The molecule has 0 saturated carbocycles. The minimum Gasteiger partial charge on any atom is -0.399 e. The summed E-state index contributed by atoms with van der Waals surface area (Å²) in [6.07, 6.45) is 1.44. The summed E-state index contributed by atoms with van der Waals surface area (Å²) in [6.45, 7) is 1.66. The molecule has 0 spiro atoms. The number of hydrogen-bond donors (Lipinski definition) is 1. The molecule has 0 aliphatic carbocycles. The molecule has 4 heteroatoms. The van der Waals surface area contributed by atoms with Crippen LogP contribution in [0.1, 0.15) is 6.42 Å². The molecular formula is C11H16BrNO2. The maximum atomic E-state index is 5.41. The summed E-state index contributed by atoms with van der Waals surface area (Å²) in [4.78, 5) is 0. The molecule has 0 bridgehead atoms. The Morgan fingerprint density at radius 3 is 2.40 bits per heavy atom. The SMILES string of the molecule is COC1CCOC1.Nc1ccc(Br)cc1. The number of ether oxygens (including phenoxy) is 2. The van der Waals surface area contributed by atoms with Gasteiger partial charge in [-0.05, 0) is 30.7 Å². The third-order valence-corrected chi connectivity index (χ3v) is 2.62. The second-order valence-corrected chi connectivity index (χ2v) is 4.19. The number of nitrogens with two attached hydrogens (primary N) is 1. The number of rotatable bonds is 1. The lowest BCUT2D eigenvalue weighted by Gasteiger charge is -2.00. The molecule has 1 aromatic rings. The number of anilines is 1. The Kier molecular flexibility index (Phi) is 5.68. The van der Waals surface area contributed by atoms with Gasteiger partial charge in [-0.15, -0.1) is 0 Å². The van der Waals surface area contributed by atoms with E-state index in [-0.39, 0.29) is 0 Å². The topological polar surface area (TPSA) is 44.5 Å². The highest BCUT2D eigenvalue weighted by atomic mass is 79.9. The van der Waals surface area contributed by atoms with Gasteiger partial charge in [0.05, 0.1) is 12.7 Å². The van der Waals surface area contributed by atoms with Crippen molar-refractivity contribution in [3.63, 3.8) is 0 Å². The normalized spacial score (nSPS) is 19.5. The van der Waals surface area contributed by atoms with Crippen LogP contribution in [-0.2, 0) is 9.47 Å². The molecule has 1 heterocycles. The minimum absolute atomic E-state index is 0.375. The molecule has 1 aromatic carbocycles. The summed E-state index contributed by atoms with van der Waals surface area (Å²) in [5.41, 5.74) is 6.21. The first-order valence-electron chi connectivity index (χ1n) is 4.84. The van der Waals surface area contributed by atoms with Gasteiger partial charge in [-0.1, -0.05) is 15.9 Å². The number of benzene rings is 1. The molecule has 0 amide bonds. The molecule has 1 unspecified atom stereocenters. The molecule has 1 atom stereocenters. The molecule has 2 N–H and O–H groups in total. The number of nitrogen functional groups attached to an aromatic ring is 1. The van der Waals surface area contributed by atoms with Gasteiger partial charge in [0.1, 0.15) is 0 Å². The van der Waals surface area contributed by atoms with Gasteiger partial charge in [-0.25, -0.2) is 0 Å². The molecule has 0 aromatic heterocycles. The molecule has 1 aliphatic rings. The smallest absolute Gasteiger partial charge is 0.0826 e. The Balaban J connectivity index is 0.000000151. The van der Waals surface area contributed by atoms with Gasteiger partial charge >= 0.3 is 0 Å². The van der Waals surface area contributed by atoms with Gasteiger partial charge in [0, 0.05) is 23.9 Å². The second-order valence-electron chi connectivity index (χ2n) is 3.27. The van der Waals surface area contributed by atoms with Crippen LogP contribution in [0.4, 0.5) is 5.69 Å². The highest BCUT2D eigenvalue weighted by Gasteiger charge is 2.12. The average Bonchev–Trinajstić information content (AvgIpc) is 2.76. The summed E-state index contributed by atoms with van der Waals surface area (Å²) in [6, 6.07) is 7.53. The van der Waals surface area contributed by atoms with E-state index in [0.717, 1.165) is 29.8 Å². The van der Waals surface area contributed by atoms with Crippen LogP contribution in [-0.4, -0.2) is 26.4 Å². The summed E-state index contributed by atoms with van der Waals surface area (Å²) in [5.74, 6) is 0. The molecular weight excluding hydrogens is 258 g/mol. The van der Waals surface area contributed by atoms with Crippen LogP contribution in [0.5, 0.6) is 0 Å². The van der Waals surface area contributed by atoms with E-state index in [2.05, 4.69) is 15.9 Å². The van der Waals surface area contributed by atoms with Crippen molar-refractivity contribution in [2.45, 2.75) is 12.5 Å². The van der Waals surface area contributed by atoms with Gasteiger partial charge in [0.25, 0.3) is 0 Å². The van der Waals surface area contributed by atoms with Gasteiger partial charge in [-0.2, -0.15) is 0 Å². The first-order valence-corrected chi connectivity index (χ1v) is 5.63. The van der Waals surface area contributed by atoms with Gasteiger partial charge in [0.15, 0.2) is 0 Å². The third kappa shape index (κ3) is 5.16. The lowest BCUT2D eigenvalue weighted by atomic mass is 10.3. The Hall–Kier alpha value is -0.580. The molecule has 1 fully saturated rings. The largest absolute Gasteiger partial charge is 0.399 e. The summed E-state index contributed by atoms with van der Waals surface area (Å²) >= 11 is 3.29. The monoisotopic (exact) mass is 273 g/mol. The second kappa shape index (κ2) is 6.82. The maximum absolute atomic E-state index is 5.41. The van der Waals surface area contributed by atoms with Crippen LogP contribution in [0.25, 0.3) is 0 Å². The van der Waals surface area contributed by atoms with E-state index >= 15 is 0 Å². The maximum Gasteiger partial charge on any atom is 0.0826 e.